The minimum atomic E-state index is -0.682. The van der Waals surface area contributed by atoms with Crippen LogP contribution >= 0.6 is 11.3 Å². The summed E-state index contributed by atoms with van der Waals surface area (Å²) >= 11 is 1.32. The van der Waals surface area contributed by atoms with Crippen molar-refractivity contribution in [1.29, 1.82) is 0 Å². The number of carbonyl (C=O) groups is 1. The number of aryl methyl sites for hydroxylation is 1. The van der Waals surface area contributed by atoms with Gasteiger partial charge in [-0.25, -0.2) is 9.78 Å². The Labute approximate surface area is 157 Å². The zero-order chi connectivity index (χ0) is 19.0. The van der Waals surface area contributed by atoms with Crippen molar-refractivity contribution in [1.82, 2.24) is 14.6 Å². The lowest BCUT2D eigenvalue weighted by molar-refractivity contribution is 0.0465. The van der Waals surface area contributed by atoms with Crippen LogP contribution in [-0.4, -0.2) is 25.7 Å². The summed E-state index contributed by atoms with van der Waals surface area (Å²) in [6.45, 7) is 1.78. The first-order valence-electron chi connectivity index (χ1n) is 8.33. The molecule has 7 nitrogen and oxygen atoms in total. The zero-order valence-electron chi connectivity index (χ0n) is 14.4. The molecule has 0 bridgehead atoms. The van der Waals surface area contributed by atoms with Crippen LogP contribution in [0, 0.1) is 0 Å². The fourth-order valence-corrected chi connectivity index (χ4v) is 3.61. The van der Waals surface area contributed by atoms with Gasteiger partial charge in [0.25, 0.3) is 5.56 Å². The molecule has 0 aliphatic rings. The van der Waals surface area contributed by atoms with Crippen molar-refractivity contribution in [3.63, 3.8) is 0 Å². The second-order valence-corrected chi connectivity index (χ2v) is 6.93. The van der Waals surface area contributed by atoms with E-state index in [9.17, 15) is 14.7 Å². The van der Waals surface area contributed by atoms with E-state index in [0.29, 0.717) is 22.5 Å². The highest BCUT2D eigenvalue weighted by molar-refractivity contribution is 7.16. The molecule has 0 aliphatic carbocycles. The van der Waals surface area contributed by atoms with Crippen LogP contribution in [0.5, 0.6) is 5.75 Å². The molecule has 0 atom stereocenters. The van der Waals surface area contributed by atoms with Gasteiger partial charge in [0.1, 0.15) is 22.9 Å². The molecule has 0 aliphatic heterocycles. The third-order valence-electron chi connectivity index (χ3n) is 4.11. The average Bonchev–Trinajstić information content (AvgIpc) is 3.10. The Hall–Kier alpha value is -3.26. The standard InChI is InChI=1S/C19H15N3O4S/c1-2-15-21-22-16(23)9-12(20-19(22)27-15)10-26-18(25)14-8-7-11-5-3-4-6-13(11)17(14)24/h3-9,24H,2,10H2,1H3. The number of nitrogens with zero attached hydrogens (tertiary/aromatic N) is 3. The Morgan fingerprint density at radius 3 is 2.89 bits per heavy atom. The first-order valence-corrected chi connectivity index (χ1v) is 9.15. The van der Waals surface area contributed by atoms with Gasteiger partial charge in [-0.1, -0.05) is 48.6 Å². The molecule has 0 radical (unpaired) electrons. The molecule has 8 heteroatoms. The molecule has 1 N–H and O–H groups in total. The number of hydrogen-bond acceptors (Lipinski definition) is 7. The SMILES string of the molecule is CCc1nn2c(=O)cc(COC(=O)c3ccc4ccccc4c3O)nc2s1. The van der Waals surface area contributed by atoms with Crippen LogP contribution in [0.1, 0.15) is 28.0 Å². The first kappa shape index (κ1) is 17.2. The molecule has 2 aromatic carbocycles. The van der Waals surface area contributed by atoms with Gasteiger partial charge in [-0.3, -0.25) is 4.79 Å². The fourth-order valence-electron chi connectivity index (χ4n) is 2.75. The van der Waals surface area contributed by atoms with E-state index in [2.05, 4.69) is 10.1 Å². The maximum Gasteiger partial charge on any atom is 0.342 e. The molecule has 27 heavy (non-hydrogen) atoms. The maximum atomic E-state index is 12.4. The summed E-state index contributed by atoms with van der Waals surface area (Å²) in [5, 5.41) is 16.7. The summed E-state index contributed by atoms with van der Waals surface area (Å²) in [5.74, 6) is -0.810. The van der Waals surface area contributed by atoms with Gasteiger partial charge in [-0.15, -0.1) is 0 Å². The quantitative estimate of drug-likeness (QED) is 0.546. The number of esters is 1. The van der Waals surface area contributed by atoms with Crippen LogP contribution in [0.25, 0.3) is 15.7 Å². The summed E-state index contributed by atoms with van der Waals surface area (Å²) in [4.78, 5) is 29.3. The lowest BCUT2D eigenvalue weighted by atomic mass is 10.1. The highest BCUT2D eigenvalue weighted by atomic mass is 32.1. The van der Waals surface area contributed by atoms with Crippen LogP contribution < -0.4 is 5.56 Å². The molecule has 0 fully saturated rings. The highest BCUT2D eigenvalue weighted by Gasteiger charge is 2.16. The molecule has 0 amide bonds. The number of benzene rings is 2. The smallest absolute Gasteiger partial charge is 0.342 e. The minimum Gasteiger partial charge on any atom is -0.506 e. The number of aromatic nitrogens is 3. The van der Waals surface area contributed by atoms with Crippen molar-refractivity contribution in [2.45, 2.75) is 20.0 Å². The second-order valence-electron chi connectivity index (χ2n) is 5.89. The van der Waals surface area contributed by atoms with Crippen molar-refractivity contribution in [3.8, 4) is 5.75 Å². The van der Waals surface area contributed by atoms with Gasteiger partial charge in [0, 0.05) is 11.5 Å². The van der Waals surface area contributed by atoms with Gasteiger partial charge >= 0.3 is 5.97 Å². The highest BCUT2D eigenvalue weighted by Crippen LogP contribution is 2.29. The van der Waals surface area contributed by atoms with Crippen LogP contribution in [0.15, 0.2) is 47.3 Å². The molecule has 0 saturated carbocycles. The monoisotopic (exact) mass is 381 g/mol. The minimum absolute atomic E-state index is 0.0672. The number of aromatic hydroxyl groups is 1. The molecule has 136 valence electrons. The molecular formula is C19H15N3O4S. The van der Waals surface area contributed by atoms with Crippen molar-refractivity contribution in [2.24, 2.45) is 0 Å². The van der Waals surface area contributed by atoms with Gasteiger partial charge in [0.15, 0.2) is 0 Å². The molecular weight excluding hydrogens is 366 g/mol. The number of rotatable bonds is 4. The largest absolute Gasteiger partial charge is 0.506 e. The van der Waals surface area contributed by atoms with E-state index < -0.39 is 5.97 Å². The van der Waals surface area contributed by atoms with Crippen LogP contribution in [0.4, 0.5) is 0 Å². The van der Waals surface area contributed by atoms with E-state index in [1.54, 1.807) is 18.2 Å². The van der Waals surface area contributed by atoms with E-state index in [1.807, 2.05) is 19.1 Å². The second kappa shape index (κ2) is 6.81. The Bertz CT molecular complexity index is 1230. The third kappa shape index (κ3) is 3.15. The molecule has 4 aromatic rings. The van der Waals surface area contributed by atoms with Crippen molar-refractivity contribution in [3.05, 3.63) is 69.1 Å². The van der Waals surface area contributed by atoms with E-state index in [-0.39, 0.29) is 23.5 Å². The van der Waals surface area contributed by atoms with Crippen LogP contribution in [0.2, 0.25) is 0 Å². The van der Waals surface area contributed by atoms with Gasteiger partial charge < -0.3 is 9.84 Å². The molecule has 4 rings (SSSR count). The third-order valence-corrected chi connectivity index (χ3v) is 5.17. The first-order chi connectivity index (χ1) is 13.1. The van der Waals surface area contributed by atoms with E-state index in [4.69, 9.17) is 4.74 Å². The predicted octanol–water partition coefficient (Wildman–Crippen LogP) is 2.93. The fraction of sp³-hybridized carbons (Fsp3) is 0.158. The van der Waals surface area contributed by atoms with Crippen LogP contribution in [0.3, 0.4) is 0 Å². The number of carbonyl (C=O) groups excluding carboxylic acids is 1. The average molecular weight is 381 g/mol. The van der Waals surface area contributed by atoms with Gasteiger partial charge in [-0.05, 0) is 17.9 Å². The van der Waals surface area contributed by atoms with Crippen molar-refractivity contribution in [2.75, 3.05) is 0 Å². The molecule has 0 unspecified atom stereocenters. The van der Waals surface area contributed by atoms with E-state index >= 15 is 0 Å². The Kier molecular flexibility index (Phi) is 4.33. The molecule has 0 saturated heterocycles. The summed E-state index contributed by atoms with van der Waals surface area (Å²) in [7, 11) is 0. The number of hydrogen-bond donors (Lipinski definition) is 1. The number of phenols is 1. The van der Waals surface area contributed by atoms with Gasteiger partial charge in [0.2, 0.25) is 4.96 Å². The number of ether oxygens (including phenoxy) is 1. The molecule has 2 heterocycles. The lowest BCUT2D eigenvalue weighted by Crippen LogP contribution is -2.16. The number of phenolic OH excluding ortho intramolecular Hbond substituents is 1. The molecule has 0 spiro atoms. The lowest BCUT2D eigenvalue weighted by Gasteiger charge is -2.08. The van der Waals surface area contributed by atoms with E-state index in [1.165, 1.54) is 28.0 Å². The van der Waals surface area contributed by atoms with E-state index in [0.717, 1.165) is 10.4 Å². The Morgan fingerprint density at radius 1 is 1.26 bits per heavy atom. The number of fused-ring (bicyclic) bond motifs is 2. The molecule has 2 aromatic heterocycles. The zero-order valence-corrected chi connectivity index (χ0v) is 15.2. The Balaban J connectivity index is 1.58. The topological polar surface area (TPSA) is 93.8 Å². The van der Waals surface area contributed by atoms with Gasteiger partial charge in [-0.2, -0.15) is 9.61 Å². The Morgan fingerprint density at radius 2 is 2.07 bits per heavy atom. The summed E-state index contributed by atoms with van der Waals surface area (Å²) < 4.78 is 6.50. The normalized spacial score (nSPS) is 11.1. The van der Waals surface area contributed by atoms with Gasteiger partial charge in [0.05, 0.1) is 5.69 Å². The van der Waals surface area contributed by atoms with Crippen LogP contribution in [-0.2, 0) is 17.8 Å². The van der Waals surface area contributed by atoms with Crippen molar-refractivity contribution < 1.29 is 14.6 Å². The predicted molar refractivity (Wildman–Crippen MR) is 101 cm³/mol. The maximum absolute atomic E-state index is 12.4. The summed E-state index contributed by atoms with van der Waals surface area (Å²) in [6, 6.07) is 11.8. The summed E-state index contributed by atoms with van der Waals surface area (Å²) in [5.41, 5.74) is 0.0769. The van der Waals surface area contributed by atoms with Crippen molar-refractivity contribution >= 4 is 33.0 Å². The summed E-state index contributed by atoms with van der Waals surface area (Å²) in [6.07, 6.45) is 0.707.